The molecule has 1 saturated carbocycles. The smallest absolute Gasteiger partial charge is 0.204 e. The highest BCUT2D eigenvalue weighted by atomic mass is 16.5. The van der Waals surface area contributed by atoms with Gasteiger partial charge in [0.05, 0.1) is 23.1 Å². The summed E-state index contributed by atoms with van der Waals surface area (Å²) in [5, 5.41) is 9.11. The zero-order valence-electron chi connectivity index (χ0n) is 14.6. The van der Waals surface area contributed by atoms with Crippen LogP contribution in [0.1, 0.15) is 24.6 Å². The predicted octanol–water partition coefficient (Wildman–Crippen LogP) is 3.10. The summed E-state index contributed by atoms with van der Waals surface area (Å²) in [4.78, 5) is 6.53. The molecule has 7 nitrogen and oxygen atoms in total. The third-order valence-electron chi connectivity index (χ3n) is 4.76. The monoisotopic (exact) mass is 348 g/mol. The van der Waals surface area contributed by atoms with E-state index >= 15 is 0 Å². The molecule has 1 unspecified atom stereocenters. The molecule has 0 bridgehead atoms. The topological polar surface area (TPSA) is 61.0 Å². The fraction of sp³-hybridized carbons (Fsp3) is 0.316. The van der Waals surface area contributed by atoms with Gasteiger partial charge in [-0.1, -0.05) is 6.07 Å². The Morgan fingerprint density at radius 2 is 2.15 bits per heavy atom. The van der Waals surface area contributed by atoms with Gasteiger partial charge in [-0.2, -0.15) is 10.2 Å². The molecule has 26 heavy (non-hydrogen) atoms. The van der Waals surface area contributed by atoms with E-state index in [0.29, 0.717) is 0 Å². The van der Waals surface area contributed by atoms with Crippen LogP contribution in [0, 0.1) is 5.92 Å². The first-order chi connectivity index (χ1) is 12.8. The summed E-state index contributed by atoms with van der Waals surface area (Å²) in [5.74, 6) is 0.788. The second-order valence-electron chi connectivity index (χ2n) is 6.87. The summed E-state index contributed by atoms with van der Waals surface area (Å²) < 4.78 is 9.70. The summed E-state index contributed by atoms with van der Waals surface area (Å²) in [6, 6.07) is 5.84. The largest absolute Gasteiger partial charge is 0.472 e. The number of pyridine rings is 1. The normalized spacial score (nSPS) is 19.1. The number of nitrogens with zero attached hydrogens (tertiary/aromatic N) is 6. The number of hydrogen-bond donors (Lipinski definition) is 0. The fourth-order valence-corrected chi connectivity index (χ4v) is 3.29. The van der Waals surface area contributed by atoms with Gasteiger partial charge in [-0.05, 0) is 30.9 Å². The van der Waals surface area contributed by atoms with E-state index in [1.54, 1.807) is 17.1 Å². The molecule has 5 rings (SSSR count). The predicted molar refractivity (Wildman–Crippen MR) is 96.8 cm³/mol. The van der Waals surface area contributed by atoms with Crippen LogP contribution in [0.25, 0.3) is 11.4 Å². The molecular weight excluding hydrogens is 328 g/mol. The average molecular weight is 348 g/mol. The van der Waals surface area contributed by atoms with Crippen LogP contribution < -0.4 is 4.90 Å². The Kier molecular flexibility index (Phi) is 3.51. The lowest BCUT2D eigenvalue weighted by molar-refractivity contribution is 0.174. The molecule has 1 aliphatic heterocycles. The van der Waals surface area contributed by atoms with Crippen LogP contribution >= 0.6 is 0 Å². The maximum atomic E-state index is 5.87. The molecule has 132 valence electrons. The summed E-state index contributed by atoms with van der Waals surface area (Å²) >= 11 is 0. The SMILES string of the molecule is Cn1cc(N2C=COC2c2cnn(CC3CC3)c2)c(-c2ccccn2)n1. The standard InChI is InChI=1S/C19H20N6O/c1-23-13-17(18(22-23)16-4-2-3-7-20-16)25-8-9-26-19(25)15-10-21-24(12-15)11-14-5-6-14/h2-4,7-10,12-14,19H,5-6,11H2,1H3. The number of aryl methyl sites for hydroxylation is 1. The van der Waals surface area contributed by atoms with Gasteiger partial charge in [-0.3, -0.25) is 14.3 Å². The lowest BCUT2D eigenvalue weighted by Gasteiger charge is -2.22. The van der Waals surface area contributed by atoms with Crippen LogP contribution in [-0.2, 0) is 18.3 Å². The summed E-state index contributed by atoms with van der Waals surface area (Å²) in [7, 11) is 1.92. The van der Waals surface area contributed by atoms with Crippen LogP contribution in [0.4, 0.5) is 5.69 Å². The second-order valence-corrected chi connectivity index (χ2v) is 6.87. The minimum Gasteiger partial charge on any atom is -0.472 e. The lowest BCUT2D eigenvalue weighted by Crippen LogP contribution is -2.19. The number of aromatic nitrogens is 5. The molecule has 1 aliphatic carbocycles. The molecule has 0 aromatic carbocycles. The minimum atomic E-state index is -0.241. The molecular formula is C19H20N6O. The van der Waals surface area contributed by atoms with Crippen molar-refractivity contribution in [3.63, 3.8) is 0 Å². The van der Waals surface area contributed by atoms with Gasteiger partial charge < -0.3 is 9.64 Å². The van der Waals surface area contributed by atoms with Gasteiger partial charge in [-0.15, -0.1) is 0 Å². The Balaban J connectivity index is 1.47. The molecule has 0 N–H and O–H groups in total. The molecule has 3 aromatic rings. The van der Waals surface area contributed by atoms with E-state index in [9.17, 15) is 0 Å². The number of ether oxygens (including phenoxy) is 1. The molecule has 0 saturated heterocycles. The molecule has 0 spiro atoms. The summed E-state index contributed by atoms with van der Waals surface area (Å²) in [6.07, 6.45) is 13.8. The zero-order chi connectivity index (χ0) is 17.5. The highest BCUT2D eigenvalue weighted by Crippen LogP contribution is 2.38. The lowest BCUT2D eigenvalue weighted by atomic mass is 10.2. The van der Waals surface area contributed by atoms with Crippen molar-refractivity contribution in [1.29, 1.82) is 0 Å². The van der Waals surface area contributed by atoms with Crippen LogP contribution in [0.15, 0.2) is 55.4 Å². The Morgan fingerprint density at radius 1 is 1.23 bits per heavy atom. The first-order valence-corrected chi connectivity index (χ1v) is 8.86. The fourth-order valence-electron chi connectivity index (χ4n) is 3.29. The van der Waals surface area contributed by atoms with Crippen LogP contribution in [0.3, 0.4) is 0 Å². The van der Waals surface area contributed by atoms with Crippen molar-refractivity contribution in [2.24, 2.45) is 13.0 Å². The highest BCUT2D eigenvalue weighted by molar-refractivity contribution is 5.73. The highest BCUT2D eigenvalue weighted by Gasteiger charge is 2.30. The van der Waals surface area contributed by atoms with Crippen LogP contribution in [-0.4, -0.2) is 24.5 Å². The van der Waals surface area contributed by atoms with Gasteiger partial charge in [0.2, 0.25) is 6.23 Å². The Hall–Kier alpha value is -3.09. The van der Waals surface area contributed by atoms with Crippen molar-refractivity contribution in [3.8, 4) is 11.4 Å². The van der Waals surface area contributed by atoms with E-state index in [1.165, 1.54) is 12.8 Å². The third kappa shape index (κ3) is 2.75. The molecule has 2 aliphatic rings. The van der Waals surface area contributed by atoms with Crippen molar-refractivity contribution in [2.75, 3.05) is 4.90 Å². The summed E-state index contributed by atoms with van der Waals surface area (Å²) in [5.41, 5.74) is 3.66. The van der Waals surface area contributed by atoms with Gasteiger partial charge in [0.25, 0.3) is 0 Å². The van der Waals surface area contributed by atoms with Crippen LogP contribution in [0.2, 0.25) is 0 Å². The quantitative estimate of drug-likeness (QED) is 0.709. The molecule has 0 amide bonds. The molecule has 4 heterocycles. The second kappa shape index (κ2) is 6.01. The maximum Gasteiger partial charge on any atom is 0.204 e. The van der Waals surface area contributed by atoms with E-state index in [-0.39, 0.29) is 6.23 Å². The average Bonchev–Trinajstić information content (AvgIpc) is 3.03. The molecule has 3 aromatic heterocycles. The van der Waals surface area contributed by atoms with Gasteiger partial charge in [0, 0.05) is 38.4 Å². The number of anilines is 1. The Morgan fingerprint density at radius 3 is 2.96 bits per heavy atom. The number of rotatable bonds is 5. The van der Waals surface area contributed by atoms with Crippen molar-refractivity contribution >= 4 is 5.69 Å². The first-order valence-electron chi connectivity index (χ1n) is 8.86. The van der Waals surface area contributed by atoms with Crippen molar-refractivity contribution < 1.29 is 4.74 Å². The van der Waals surface area contributed by atoms with E-state index in [2.05, 4.69) is 26.3 Å². The first kappa shape index (κ1) is 15.2. The summed E-state index contributed by atoms with van der Waals surface area (Å²) in [6.45, 7) is 0.992. The van der Waals surface area contributed by atoms with E-state index in [0.717, 1.165) is 35.1 Å². The number of hydrogen-bond acceptors (Lipinski definition) is 5. The zero-order valence-corrected chi connectivity index (χ0v) is 14.6. The van der Waals surface area contributed by atoms with Crippen molar-refractivity contribution in [3.05, 3.63) is 61.0 Å². The van der Waals surface area contributed by atoms with E-state index in [4.69, 9.17) is 4.74 Å². The third-order valence-corrected chi connectivity index (χ3v) is 4.76. The minimum absolute atomic E-state index is 0.241. The Labute approximate surface area is 151 Å². The van der Waals surface area contributed by atoms with E-state index in [1.807, 2.05) is 48.5 Å². The van der Waals surface area contributed by atoms with E-state index < -0.39 is 0 Å². The van der Waals surface area contributed by atoms with Gasteiger partial charge in [0.1, 0.15) is 12.0 Å². The van der Waals surface area contributed by atoms with Gasteiger partial charge in [-0.25, -0.2) is 0 Å². The molecule has 1 fully saturated rings. The molecule has 1 atom stereocenters. The van der Waals surface area contributed by atoms with Crippen molar-refractivity contribution in [2.45, 2.75) is 25.6 Å². The van der Waals surface area contributed by atoms with Gasteiger partial charge in [0.15, 0.2) is 0 Å². The Bertz CT molecular complexity index is 940. The maximum absolute atomic E-state index is 5.87. The van der Waals surface area contributed by atoms with Crippen molar-refractivity contribution in [1.82, 2.24) is 24.5 Å². The molecule has 0 radical (unpaired) electrons. The van der Waals surface area contributed by atoms with Crippen LogP contribution in [0.5, 0.6) is 0 Å². The van der Waals surface area contributed by atoms with Gasteiger partial charge >= 0.3 is 0 Å². The molecule has 7 heteroatoms.